The molecule has 53 heavy (non-hydrogen) atoms. The SMILES string of the molecule is C=CCCC(=O)N[C@@H](C)[C@H](OC(=O)[C@@H]1[C@@H]2CC[C@]3(O2)[C@H](C(=O)N(CC=C)c2ccc4ccccc4c2)N([C@@H](CO)[C@@H](C)CC)C(=O)[C@@H]13)c1ccccc1. The predicted octanol–water partition coefficient (Wildman–Crippen LogP) is 5.90. The maximum absolute atomic E-state index is 15.2. The van der Waals surface area contributed by atoms with Gasteiger partial charge in [0.15, 0.2) is 0 Å². The first-order valence-corrected chi connectivity index (χ1v) is 18.8. The third-order valence-corrected chi connectivity index (χ3v) is 11.5. The third-order valence-electron chi connectivity index (χ3n) is 11.5. The number of benzene rings is 3. The minimum absolute atomic E-state index is 0.154. The Kier molecular flexibility index (Phi) is 11.5. The first-order chi connectivity index (χ1) is 25.6. The van der Waals surface area contributed by atoms with Crippen molar-refractivity contribution in [3.63, 3.8) is 0 Å². The molecular formula is C43H51N3O7. The number of aliphatic hydroxyl groups excluding tert-OH is 1. The number of nitrogens with zero attached hydrogens (tertiary/aromatic N) is 2. The van der Waals surface area contributed by atoms with Gasteiger partial charge in [0.25, 0.3) is 5.91 Å². The van der Waals surface area contributed by atoms with Crippen LogP contribution < -0.4 is 10.2 Å². The molecule has 3 aromatic carbocycles. The van der Waals surface area contributed by atoms with Gasteiger partial charge in [0.05, 0.1) is 36.6 Å². The Morgan fingerprint density at radius 1 is 1.06 bits per heavy atom. The van der Waals surface area contributed by atoms with Crippen LogP contribution in [0.5, 0.6) is 0 Å². The molecule has 9 atom stereocenters. The number of carbonyl (C=O) groups excluding carboxylic acids is 4. The lowest BCUT2D eigenvalue weighted by atomic mass is 9.70. The smallest absolute Gasteiger partial charge is 0.313 e. The molecule has 3 aromatic rings. The van der Waals surface area contributed by atoms with Gasteiger partial charge in [-0.2, -0.15) is 0 Å². The standard InChI is InChI=1S/C43H51N3O7/c1-6-9-19-35(48)44-28(5)38(30-16-11-10-12-17-30)52-42(51)36-34-22-23-43(53-34)37(36)40(49)46(33(26-47)27(4)8-3)39(43)41(50)45(24-7-2)32-21-20-29-15-13-14-18-31(29)25-32/h6-7,10-18,20-21,25,27-28,33-34,36-39,47H,1-2,8-9,19,22-24,26H2,3-5H3,(H,44,48)/t27-,28-,33-,34-,36+,37+,38-,39-,43+/m0/s1. The molecule has 2 bridgehead atoms. The number of carbonyl (C=O) groups is 4. The molecule has 3 amide bonds. The summed E-state index contributed by atoms with van der Waals surface area (Å²) < 4.78 is 13.0. The molecule has 3 heterocycles. The first kappa shape index (κ1) is 37.9. The zero-order valence-corrected chi connectivity index (χ0v) is 30.9. The van der Waals surface area contributed by atoms with Crippen LogP contribution in [-0.4, -0.2) is 76.7 Å². The van der Waals surface area contributed by atoms with E-state index < -0.39 is 59.6 Å². The molecule has 280 valence electrons. The van der Waals surface area contributed by atoms with Gasteiger partial charge in [0.1, 0.15) is 17.7 Å². The number of ether oxygens (including phenoxy) is 2. The van der Waals surface area contributed by atoms with Crippen LogP contribution in [0.3, 0.4) is 0 Å². The summed E-state index contributed by atoms with van der Waals surface area (Å²) in [4.78, 5) is 60.5. The largest absolute Gasteiger partial charge is 0.455 e. The highest BCUT2D eigenvalue weighted by Crippen LogP contribution is 2.60. The number of esters is 1. The van der Waals surface area contributed by atoms with Gasteiger partial charge < -0.3 is 29.7 Å². The molecule has 10 heteroatoms. The predicted molar refractivity (Wildman–Crippen MR) is 204 cm³/mol. The summed E-state index contributed by atoms with van der Waals surface area (Å²) in [6.07, 6.45) is 4.07. The highest BCUT2D eigenvalue weighted by Gasteiger charge is 2.76. The molecule has 3 aliphatic rings. The molecule has 2 N–H and O–H groups in total. The summed E-state index contributed by atoms with van der Waals surface area (Å²) in [7, 11) is 0. The van der Waals surface area contributed by atoms with Gasteiger partial charge in [-0.25, -0.2) is 0 Å². The van der Waals surface area contributed by atoms with Gasteiger partial charge in [-0.15, -0.1) is 13.2 Å². The van der Waals surface area contributed by atoms with E-state index in [0.717, 1.165) is 10.8 Å². The van der Waals surface area contributed by atoms with E-state index in [4.69, 9.17) is 9.47 Å². The van der Waals surface area contributed by atoms with Gasteiger partial charge in [-0.05, 0) is 60.6 Å². The molecule has 3 aliphatic heterocycles. The quantitative estimate of drug-likeness (QED) is 0.140. The summed E-state index contributed by atoms with van der Waals surface area (Å²) in [6, 6.07) is 20.5. The van der Waals surface area contributed by atoms with Crippen molar-refractivity contribution in [1.29, 1.82) is 0 Å². The van der Waals surface area contributed by atoms with Crippen molar-refractivity contribution in [3.8, 4) is 0 Å². The number of amides is 3. The van der Waals surface area contributed by atoms with Gasteiger partial charge in [-0.3, -0.25) is 19.2 Å². The van der Waals surface area contributed by atoms with Gasteiger partial charge in [0.2, 0.25) is 11.8 Å². The summed E-state index contributed by atoms with van der Waals surface area (Å²) in [6.45, 7) is 13.2. The molecule has 10 nitrogen and oxygen atoms in total. The number of allylic oxidation sites excluding steroid dienone is 1. The van der Waals surface area contributed by atoms with E-state index in [9.17, 15) is 19.5 Å². The maximum atomic E-state index is 15.2. The average Bonchev–Trinajstić information content (AvgIpc) is 3.82. The Labute approximate surface area is 311 Å². The first-order valence-electron chi connectivity index (χ1n) is 18.8. The molecule has 3 fully saturated rings. The summed E-state index contributed by atoms with van der Waals surface area (Å²) >= 11 is 0. The number of anilines is 1. The maximum Gasteiger partial charge on any atom is 0.313 e. The Morgan fingerprint density at radius 3 is 2.45 bits per heavy atom. The highest BCUT2D eigenvalue weighted by molar-refractivity contribution is 6.05. The van der Waals surface area contributed by atoms with Crippen LogP contribution in [0.4, 0.5) is 5.69 Å². The number of fused-ring (bicyclic) bond motifs is 2. The number of aliphatic hydroxyl groups is 1. The second-order valence-corrected chi connectivity index (χ2v) is 14.7. The Hall–Kier alpha value is -4.80. The Bertz CT molecular complexity index is 1850. The lowest BCUT2D eigenvalue weighted by Gasteiger charge is -2.41. The molecule has 0 aromatic heterocycles. The fourth-order valence-corrected chi connectivity index (χ4v) is 8.69. The van der Waals surface area contributed by atoms with E-state index in [1.54, 1.807) is 24.0 Å². The number of rotatable bonds is 16. The van der Waals surface area contributed by atoms with E-state index >= 15 is 4.79 Å². The van der Waals surface area contributed by atoms with E-state index in [1.807, 2.05) is 86.6 Å². The van der Waals surface area contributed by atoms with Gasteiger partial charge in [0, 0.05) is 18.7 Å². The van der Waals surface area contributed by atoms with E-state index in [1.165, 1.54) is 4.90 Å². The van der Waals surface area contributed by atoms with Gasteiger partial charge in [-0.1, -0.05) is 93.1 Å². The summed E-state index contributed by atoms with van der Waals surface area (Å²) in [5, 5.41) is 15.8. The summed E-state index contributed by atoms with van der Waals surface area (Å²) in [5.74, 6) is -3.72. The Morgan fingerprint density at radius 2 is 1.77 bits per heavy atom. The van der Waals surface area contributed by atoms with E-state index in [-0.39, 0.29) is 37.3 Å². The minimum Gasteiger partial charge on any atom is -0.455 e. The van der Waals surface area contributed by atoms with Crippen molar-refractivity contribution < 1.29 is 33.8 Å². The molecule has 0 radical (unpaired) electrons. The van der Waals surface area contributed by atoms with Gasteiger partial charge >= 0.3 is 5.97 Å². The molecular weight excluding hydrogens is 670 g/mol. The van der Waals surface area contributed by atoms with Crippen LogP contribution in [0.15, 0.2) is 98.1 Å². The lowest BCUT2D eigenvalue weighted by molar-refractivity contribution is -0.162. The van der Waals surface area contributed by atoms with Crippen LogP contribution in [0.2, 0.25) is 0 Å². The van der Waals surface area contributed by atoms with Crippen LogP contribution in [-0.2, 0) is 28.7 Å². The molecule has 6 rings (SSSR count). The zero-order chi connectivity index (χ0) is 37.9. The van der Waals surface area contributed by atoms with Crippen molar-refractivity contribution in [2.45, 2.75) is 88.8 Å². The molecule has 0 unspecified atom stereocenters. The van der Waals surface area contributed by atoms with Crippen LogP contribution in [0.25, 0.3) is 10.8 Å². The molecule has 0 saturated carbocycles. The van der Waals surface area contributed by atoms with Crippen molar-refractivity contribution in [3.05, 3.63) is 104 Å². The average molecular weight is 722 g/mol. The van der Waals surface area contributed by atoms with Crippen molar-refractivity contribution in [2.24, 2.45) is 17.8 Å². The number of nitrogens with one attached hydrogen (secondary N) is 1. The Balaban J connectivity index is 1.37. The van der Waals surface area contributed by atoms with Crippen molar-refractivity contribution >= 4 is 40.2 Å². The second-order valence-electron chi connectivity index (χ2n) is 14.7. The van der Waals surface area contributed by atoms with E-state index in [2.05, 4.69) is 18.5 Å². The van der Waals surface area contributed by atoms with Crippen LogP contribution >= 0.6 is 0 Å². The molecule has 3 saturated heterocycles. The highest BCUT2D eigenvalue weighted by atomic mass is 16.6. The van der Waals surface area contributed by atoms with Crippen LogP contribution in [0, 0.1) is 17.8 Å². The number of hydrogen-bond acceptors (Lipinski definition) is 7. The topological polar surface area (TPSA) is 125 Å². The zero-order valence-electron chi connectivity index (χ0n) is 30.9. The fraction of sp³-hybridized carbons (Fsp3) is 0.442. The monoisotopic (exact) mass is 721 g/mol. The second kappa shape index (κ2) is 16.1. The van der Waals surface area contributed by atoms with Crippen LogP contribution in [0.1, 0.15) is 64.5 Å². The molecule has 1 spiro atoms. The normalized spacial score (nSPS) is 25.3. The summed E-state index contributed by atoms with van der Waals surface area (Å²) in [5.41, 5.74) is 0.0197. The number of hydrogen-bond donors (Lipinski definition) is 2. The lowest BCUT2D eigenvalue weighted by Crippen LogP contribution is -2.60. The number of likely N-dealkylation sites (tertiary alicyclic amines) is 1. The van der Waals surface area contributed by atoms with Crippen molar-refractivity contribution in [1.82, 2.24) is 10.2 Å². The van der Waals surface area contributed by atoms with E-state index in [0.29, 0.717) is 36.9 Å². The van der Waals surface area contributed by atoms with Crippen molar-refractivity contribution in [2.75, 3.05) is 18.1 Å². The molecule has 0 aliphatic carbocycles. The fourth-order valence-electron chi connectivity index (χ4n) is 8.69. The minimum atomic E-state index is -1.31. The third kappa shape index (κ3) is 7.02.